The zero-order valence-electron chi connectivity index (χ0n) is 8.74. The summed E-state index contributed by atoms with van der Waals surface area (Å²) in [6.45, 7) is 2.00. The van der Waals surface area contributed by atoms with Crippen LogP contribution in [-0.4, -0.2) is 18.3 Å². The van der Waals surface area contributed by atoms with Crippen molar-refractivity contribution in [2.24, 2.45) is 0 Å². The van der Waals surface area contributed by atoms with Gasteiger partial charge in [0, 0.05) is 13.2 Å². The topological polar surface area (TPSA) is 56.0 Å². The molecule has 0 aliphatic carbocycles. The SMILES string of the molecule is N#Cc1ccc(CNCCCCO)cc1. The molecule has 0 amide bonds. The molecule has 0 aliphatic heterocycles. The number of aliphatic hydroxyl groups excluding tert-OH is 1. The fourth-order valence-electron chi connectivity index (χ4n) is 1.29. The molecule has 0 spiro atoms. The van der Waals surface area contributed by atoms with Crippen molar-refractivity contribution >= 4 is 0 Å². The second-order valence-corrected chi connectivity index (χ2v) is 3.42. The van der Waals surface area contributed by atoms with Crippen LogP contribution in [0, 0.1) is 11.3 Å². The number of rotatable bonds is 6. The molecule has 0 unspecified atom stereocenters. The number of nitriles is 1. The van der Waals surface area contributed by atoms with Gasteiger partial charge in [0.1, 0.15) is 0 Å². The average molecular weight is 204 g/mol. The van der Waals surface area contributed by atoms with Crippen LogP contribution in [0.1, 0.15) is 24.0 Å². The van der Waals surface area contributed by atoms with Crippen LogP contribution in [0.5, 0.6) is 0 Å². The highest BCUT2D eigenvalue weighted by Gasteiger charge is 1.93. The molecular formula is C12H16N2O. The lowest BCUT2D eigenvalue weighted by Crippen LogP contribution is -2.14. The molecule has 1 aromatic rings. The maximum atomic E-state index is 8.61. The van der Waals surface area contributed by atoms with Gasteiger partial charge in [-0.05, 0) is 37.1 Å². The summed E-state index contributed by atoms with van der Waals surface area (Å²) in [7, 11) is 0. The van der Waals surface area contributed by atoms with Crippen LogP contribution in [0.4, 0.5) is 0 Å². The predicted molar refractivity (Wildman–Crippen MR) is 59.2 cm³/mol. The molecular weight excluding hydrogens is 188 g/mol. The molecule has 3 heteroatoms. The minimum absolute atomic E-state index is 0.262. The van der Waals surface area contributed by atoms with Gasteiger partial charge in [0.2, 0.25) is 0 Å². The Bertz CT molecular complexity index is 313. The van der Waals surface area contributed by atoms with E-state index in [9.17, 15) is 0 Å². The Labute approximate surface area is 90.4 Å². The lowest BCUT2D eigenvalue weighted by molar-refractivity contribution is 0.283. The van der Waals surface area contributed by atoms with Crippen molar-refractivity contribution in [3.8, 4) is 6.07 Å². The Hall–Kier alpha value is -1.37. The molecule has 0 saturated heterocycles. The number of aliphatic hydroxyl groups is 1. The van der Waals surface area contributed by atoms with Gasteiger partial charge in [-0.2, -0.15) is 5.26 Å². The van der Waals surface area contributed by atoms with Crippen LogP contribution in [0.15, 0.2) is 24.3 Å². The zero-order chi connectivity index (χ0) is 10.9. The van der Waals surface area contributed by atoms with Gasteiger partial charge in [-0.15, -0.1) is 0 Å². The van der Waals surface area contributed by atoms with Gasteiger partial charge in [-0.25, -0.2) is 0 Å². The van der Waals surface area contributed by atoms with Crippen LogP contribution in [0.3, 0.4) is 0 Å². The monoisotopic (exact) mass is 204 g/mol. The van der Waals surface area contributed by atoms with Gasteiger partial charge in [0.25, 0.3) is 0 Å². The van der Waals surface area contributed by atoms with Gasteiger partial charge in [0.05, 0.1) is 11.6 Å². The van der Waals surface area contributed by atoms with Gasteiger partial charge in [-0.3, -0.25) is 0 Å². The Morgan fingerprint density at radius 1 is 1.20 bits per heavy atom. The summed E-state index contributed by atoms with van der Waals surface area (Å²) in [5.74, 6) is 0. The highest BCUT2D eigenvalue weighted by Crippen LogP contribution is 2.02. The molecule has 0 bridgehead atoms. The molecule has 3 nitrogen and oxygen atoms in total. The van der Waals surface area contributed by atoms with Crippen LogP contribution in [0.2, 0.25) is 0 Å². The highest BCUT2D eigenvalue weighted by molar-refractivity contribution is 5.31. The zero-order valence-corrected chi connectivity index (χ0v) is 8.74. The molecule has 15 heavy (non-hydrogen) atoms. The summed E-state index contributed by atoms with van der Waals surface area (Å²) >= 11 is 0. The maximum Gasteiger partial charge on any atom is 0.0991 e. The summed E-state index contributed by atoms with van der Waals surface area (Å²) in [4.78, 5) is 0. The molecule has 0 aliphatic rings. The van der Waals surface area contributed by atoms with E-state index in [1.54, 1.807) is 0 Å². The largest absolute Gasteiger partial charge is 0.396 e. The molecule has 0 radical (unpaired) electrons. The first kappa shape index (κ1) is 11.7. The van der Waals surface area contributed by atoms with E-state index in [1.807, 2.05) is 24.3 Å². The van der Waals surface area contributed by atoms with Gasteiger partial charge < -0.3 is 10.4 Å². The van der Waals surface area contributed by atoms with Crippen molar-refractivity contribution in [2.45, 2.75) is 19.4 Å². The fraction of sp³-hybridized carbons (Fsp3) is 0.417. The summed E-state index contributed by atoms with van der Waals surface area (Å²) in [6, 6.07) is 9.65. The third-order valence-electron chi connectivity index (χ3n) is 2.17. The van der Waals surface area contributed by atoms with Crippen molar-refractivity contribution in [2.75, 3.05) is 13.2 Å². The normalized spacial score (nSPS) is 9.87. The molecule has 0 fully saturated rings. The molecule has 0 saturated carbocycles. The molecule has 0 heterocycles. The number of hydrogen-bond donors (Lipinski definition) is 2. The van der Waals surface area contributed by atoms with Crippen molar-refractivity contribution in [1.29, 1.82) is 5.26 Å². The molecule has 2 N–H and O–H groups in total. The minimum atomic E-state index is 0.262. The number of unbranched alkanes of at least 4 members (excludes halogenated alkanes) is 1. The second kappa shape index (κ2) is 6.99. The van der Waals surface area contributed by atoms with Crippen LogP contribution < -0.4 is 5.32 Å². The molecule has 1 rings (SSSR count). The van der Waals surface area contributed by atoms with Crippen molar-refractivity contribution in [3.63, 3.8) is 0 Å². The minimum Gasteiger partial charge on any atom is -0.396 e. The standard InChI is InChI=1S/C12H16N2O/c13-9-11-3-5-12(6-4-11)10-14-7-1-2-8-15/h3-6,14-15H,1-2,7-8,10H2. The van der Waals surface area contributed by atoms with Crippen molar-refractivity contribution in [3.05, 3.63) is 35.4 Å². The van der Waals surface area contributed by atoms with E-state index < -0.39 is 0 Å². The number of hydrogen-bond acceptors (Lipinski definition) is 3. The third-order valence-corrected chi connectivity index (χ3v) is 2.17. The lowest BCUT2D eigenvalue weighted by Gasteiger charge is -2.03. The highest BCUT2D eigenvalue weighted by atomic mass is 16.2. The summed E-state index contributed by atoms with van der Waals surface area (Å²) in [5.41, 5.74) is 1.87. The van der Waals surface area contributed by atoms with Crippen LogP contribution >= 0.6 is 0 Å². The molecule has 0 atom stereocenters. The molecule has 80 valence electrons. The van der Waals surface area contributed by atoms with Crippen LogP contribution in [-0.2, 0) is 6.54 Å². The quantitative estimate of drug-likeness (QED) is 0.689. The van der Waals surface area contributed by atoms with E-state index in [1.165, 1.54) is 5.56 Å². The van der Waals surface area contributed by atoms with E-state index in [0.717, 1.165) is 25.9 Å². The van der Waals surface area contributed by atoms with E-state index in [0.29, 0.717) is 5.56 Å². The molecule has 0 aromatic heterocycles. The fourth-order valence-corrected chi connectivity index (χ4v) is 1.29. The first-order valence-electron chi connectivity index (χ1n) is 5.17. The van der Waals surface area contributed by atoms with Crippen LogP contribution in [0.25, 0.3) is 0 Å². The Morgan fingerprint density at radius 3 is 2.53 bits per heavy atom. The number of nitrogens with one attached hydrogen (secondary N) is 1. The third kappa shape index (κ3) is 4.59. The number of benzene rings is 1. The van der Waals surface area contributed by atoms with Gasteiger partial charge in [0.15, 0.2) is 0 Å². The van der Waals surface area contributed by atoms with E-state index in [2.05, 4.69) is 11.4 Å². The predicted octanol–water partition coefficient (Wildman–Crippen LogP) is 1.42. The average Bonchev–Trinajstić information content (AvgIpc) is 2.30. The first-order valence-corrected chi connectivity index (χ1v) is 5.17. The van der Waals surface area contributed by atoms with Crippen molar-refractivity contribution in [1.82, 2.24) is 5.32 Å². The Balaban J connectivity index is 2.23. The Kier molecular flexibility index (Phi) is 5.46. The lowest BCUT2D eigenvalue weighted by atomic mass is 10.1. The summed E-state index contributed by atoms with van der Waals surface area (Å²) in [6.07, 6.45) is 1.84. The van der Waals surface area contributed by atoms with Crippen molar-refractivity contribution < 1.29 is 5.11 Å². The van der Waals surface area contributed by atoms with E-state index >= 15 is 0 Å². The van der Waals surface area contributed by atoms with Gasteiger partial charge >= 0.3 is 0 Å². The Morgan fingerprint density at radius 2 is 1.93 bits per heavy atom. The summed E-state index contributed by atoms with van der Waals surface area (Å²) < 4.78 is 0. The summed E-state index contributed by atoms with van der Waals surface area (Å²) in [5, 5.41) is 20.5. The first-order chi connectivity index (χ1) is 7.36. The maximum absolute atomic E-state index is 8.61. The van der Waals surface area contributed by atoms with Gasteiger partial charge in [-0.1, -0.05) is 12.1 Å². The van der Waals surface area contributed by atoms with E-state index in [4.69, 9.17) is 10.4 Å². The molecule has 1 aromatic carbocycles. The second-order valence-electron chi connectivity index (χ2n) is 3.42. The number of nitrogens with zero attached hydrogens (tertiary/aromatic N) is 1. The smallest absolute Gasteiger partial charge is 0.0991 e. The van der Waals surface area contributed by atoms with E-state index in [-0.39, 0.29) is 6.61 Å².